The molecule has 1 fully saturated rings. The molecule has 0 aromatic heterocycles. The molecule has 1 aliphatic rings. The number of ether oxygens (including phenoxy) is 1. The van der Waals surface area contributed by atoms with Crippen LogP contribution in [0.2, 0.25) is 0 Å². The fourth-order valence-electron chi connectivity index (χ4n) is 2.42. The summed E-state index contributed by atoms with van der Waals surface area (Å²) < 4.78 is 18.5. The van der Waals surface area contributed by atoms with E-state index in [9.17, 15) is 9.18 Å². The third-order valence-corrected chi connectivity index (χ3v) is 3.75. The van der Waals surface area contributed by atoms with E-state index in [2.05, 4.69) is 4.90 Å². The van der Waals surface area contributed by atoms with Crippen molar-refractivity contribution < 1.29 is 19.0 Å². The third-order valence-electron chi connectivity index (χ3n) is 3.75. The van der Waals surface area contributed by atoms with E-state index in [4.69, 9.17) is 9.84 Å². The molecule has 0 unspecified atom stereocenters. The first kappa shape index (κ1) is 13.8. The average molecular weight is 267 g/mol. The summed E-state index contributed by atoms with van der Waals surface area (Å²) >= 11 is 0. The van der Waals surface area contributed by atoms with Crippen molar-refractivity contribution in [3.05, 3.63) is 29.6 Å². The molecule has 0 aliphatic heterocycles. The van der Waals surface area contributed by atoms with Crippen LogP contribution in [-0.2, 0) is 11.3 Å². The second-order valence-electron chi connectivity index (χ2n) is 5.03. The maximum absolute atomic E-state index is 13.2. The summed E-state index contributed by atoms with van der Waals surface area (Å²) in [6.45, 7) is 0.554. The van der Waals surface area contributed by atoms with E-state index < -0.39 is 5.97 Å². The molecule has 2 rings (SSSR count). The predicted octanol–water partition coefficient (Wildman–Crippen LogP) is 2.13. The fourth-order valence-corrected chi connectivity index (χ4v) is 2.42. The highest BCUT2D eigenvalue weighted by Gasteiger charge is 2.36. The van der Waals surface area contributed by atoms with E-state index in [0.29, 0.717) is 25.1 Å². The summed E-state index contributed by atoms with van der Waals surface area (Å²) in [5, 5.41) is 8.85. The molecule has 0 saturated heterocycles. The summed E-state index contributed by atoms with van der Waals surface area (Å²) in [5.74, 6) is -0.599. The van der Waals surface area contributed by atoms with Crippen molar-refractivity contribution in [3.63, 3.8) is 0 Å². The Balaban J connectivity index is 1.98. The van der Waals surface area contributed by atoms with Gasteiger partial charge in [0.25, 0.3) is 0 Å². The number of carbonyl (C=O) groups is 1. The number of hydrogen-bond donors (Lipinski definition) is 1. The maximum atomic E-state index is 13.2. The molecule has 0 amide bonds. The van der Waals surface area contributed by atoms with Gasteiger partial charge >= 0.3 is 5.97 Å². The third kappa shape index (κ3) is 3.04. The van der Waals surface area contributed by atoms with Gasteiger partial charge in [-0.25, -0.2) is 4.39 Å². The van der Waals surface area contributed by atoms with Gasteiger partial charge in [0.2, 0.25) is 0 Å². The minimum Gasteiger partial charge on any atom is -0.496 e. The first-order valence-electron chi connectivity index (χ1n) is 6.26. The van der Waals surface area contributed by atoms with Crippen molar-refractivity contribution >= 4 is 5.97 Å². The van der Waals surface area contributed by atoms with Gasteiger partial charge in [0.05, 0.1) is 13.0 Å². The number of methoxy groups -OCH3 is 1. The molecule has 1 aromatic rings. The van der Waals surface area contributed by atoms with Gasteiger partial charge in [-0.15, -0.1) is 0 Å². The summed E-state index contributed by atoms with van der Waals surface area (Å²) in [6.07, 6.45) is 1.31. The van der Waals surface area contributed by atoms with Crippen LogP contribution in [0.1, 0.15) is 18.4 Å². The molecule has 0 atom stereocenters. The van der Waals surface area contributed by atoms with Gasteiger partial charge in [-0.2, -0.15) is 0 Å². The van der Waals surface area contributed by atoms with Crippen molar-refractivity contribution in [1.29, 1.82) is 0 Å². The SMILES string of the molecule is COc1ccc(F)cc1CN(C)C1CC(C(=O)O)C1. The van der Waals surface area contributed by atoms with E-state index in [1.54, 1.807) is 13.2 Å². The normalized spacial score (nSPS) is 22.1. The van der Waals surface area contributed by atoms with Crippen molar-refractivity contribution in [2.75, 3.05) is 14.2 Å². The quantitative estimate of drug-likeness (QED) is 0.888. The minimum atomic E-state index is -0.729. The topological polar surface area (TPSA) is 49.8 Å². The van der Waals surface area contributed by atoms with Gasteiger partial charge in [-0.05, 0) is 38.1 Å². The van der Waals surface area contributed by atoms with Crippen LogP contribution in [0, 0.1) is 11.7 Å². The molecule has 1 aliphatic carbocycles. The lowest BCUT2D eigenvalue weighted by atomic mass is 9.79. The highest BCUT2D eigenvalue weighted by molar-refractivity contribution is 5.71. The lowest BCUT2D eigenvalue weighted by Gasteiger charge is -2.39. The van der Waals surface area contributed by atoms with Crippen molar-refractivity contribution in [2.24, 2.45) is 5.92 Å². The molecule has 1 N–H and O–H groups in total. The number of nitrogens with zero attached hydrogens (tertiary/aromatic N) is 1. The zero-order valence-electron chi connectivity index (χ0n) is 11.1. The second-order valence-corrected chi connectivity index (χ2v) is 5.03. The van der Waals surface area contributed by atoms with E-state index in [0.717, 1.165) is 5.56 Å². The molecule has 1 aromatic carbocycles. The van der Waals surface area contributed by atoms with Gasteiger partial charge in [0.15, 0.2) is 0 Å². The zero-order valence-corrected chi connectivity index (χ0v) is 11.1. The summed E-state index contributed by atoms with van der Waals surface area (Å²) in [4.78, 5) is 12.8. The molecule has 0 heterocycles. The van der Waals surface area contributed by atoms with Gasteiger partial charge in [0, 0.05) is 18.2 Å². The van der Waals surface area contributed by atoms with Gasteiger partial charge < -0.3 is 9.84 Å². The van der Waals surface area contributed by atoms with Crippen molar-refractivity contribution in [2.45, 2.75) is 25.4 Å². The lowest BCUT2D eigenvalue weighted by Crippen LogP contribution is -2.44. The van der Waals surface area contributed by atoms with Crippen LogP contribution < -0.4 is 4.74 Å². The Morgan fingerprint density at radius 2 is 2.21 bits per heavy atom. The molecular weight excluding hydrogens is 249 g/mol. The summed E-state index contributed by atoms with van der Waals surface area (Å²) in [6, 6.07) is 4.68. The van der Waals surface area contributed by atoms with Crippen LogP contribution in [-0.4, -0.2) is 36.2 Å². The van der Waals surface area contributed by atoms with Crippen LogP contribution in [0.3, 0.4) is 0 Å². The van der Waals surface area contributed by atoms with E-state index in [1.807, 2.05) is 7.05 Å². The van der Waals surface area contributed by atoms with Gasteiger partial charge in [-0.1, -0.05) is 0 Å². The number of aliphatic carboxylic acids is 1. The fraction of sp³-hybridized carbons (Fsp3) is 0.500. The number of hydrogen-bond acceptors (Lipinski definition) is 3. The average Bonchev–Trinajstić information content (AvgIpc) is 2.26. The molecule has 104 valence electrons. The first-order chi connectivity index (χ1) is 9.01. The Labute approximate surface area is 111 Å². The lowest BCUT2D eigenvalue weighted by molar-refractivity contribution is -0.146. The van der Waals surface area contributed by atoms with Crippen LogP contribution >= 0.6 is 0 Å². The molecule has 1 saturated carbocycles. The Kier molecular flexibility index (Phi) is 4.04. The number of rotatable bonds is 5. The maximum Gasteiger partial charge on any atom is 0.306 e. The Morgan fingerprint density at radius 1 is 1.53 bits per heavy atom. The smallest absolute Gasteiger partial charge is 0.306 e. The van der Waals surface area contributed by atoms with Crippen LogP contribution in [0.25, 0.3) is 0 Å². The number of carboxylic acids is 1. The first-order valence-corrected chi connectivity index (χ1v) is 6.26. The van der Waals surface area contributed by atoms with E-state index in [-0.39, 0.29) is 17.8 Å². The molecule has 0 radical (unpaired) electrons. The molecule has 0 bridgehead atoms. The molecule has 0 spiro atoms. The summed E-state index contributed by atoms with van der Waals surface area (Å²) in [7, 11) is 3.48. The summed E-state index contributed by atoms with van der Waals surface area (Å²) in [5.41, 5.74) is 0.781. The van der Waals surface area contributed by atoms with Crippen molar-refractivity contribution in [3.8, 4) is 5.75 Å². The van der Waals surface area contributed by atoms with Crippen LogP contribution in [0.5, 0.6) is 5.75 Å². The Morgan fingerprint density at radius 3 is 2.79 bits per heavy atom. The highest BCUT2D eigenvalue weighted by Crippen LogP contribution is 2.33. The Bertz CT molecular complexity index is 472. The van der Waals surface area contributed by atoms with Gasteiger partial charge in [0.1, 0.15) is 11.6 Å². The second kappa shape index (κ2) is 5.57. The molecular formula is C14H18FNO3. The zero-order chi connectivity index (χ0) is 14.0. The number of carboxylic acid groups (broad SMARTS) is 1. The number of halogens is 1. The van der Waals surface area contributed by atoms with E-state index >= 15 is 0 Å². The number of benzene rings is 1. The monoisotopic (exact) mass is 267 g/mol. The van der Waals surface area contributed by atoms with Gasteiger partial charge in [-0.3, -0.25) is 9.69 Å². The van der Waals surface area contributed by atoms with Crippen molar-refractivity contribution in [1.82, 2.24) is 4.90 Å². The largest absolute Gasteiger partial charge is 0.496 e. The minimum absolute atomic E-state index is 0.234. The Hall–Kier alpha value is -1.62. The molecule has 5 heteroatoms. The standard InChI is InChI=1S/C14H18FNO3/c1-16(12-6-9(7-12)14(17)18)8-10-5-11(15)3-4-13(10)19-2/h3-5,9,12H,6-8H2,1-2H3,(H,17,18). The molecule has 19 heavy (non-hydrogen) atoms. The van der Waals surface area contributed by atoms with Crippen LogP contribution in [0.4, 0.5) is 4.39 Å². The predicted molar refractivity (Wildman–Crippen MR) is 68.6 cm³/mol. The molecule has 4 nitrogen and oxygen atoms in total. The highest BCUT2D eigenvalue weighted by atomic mass is 19.1. The van der Waals surface area contributed by atoms with Crippen LogP contribution in [0.15, 0.2) is 18.2 Å². The van der Waals surface area contributed by atoms with E-state index in [1.165, 1.54) is 12.1 Å².